The summed E-state index contributed by atoms with van der Waals surface area (Å²) in [6, 6.07) is 5.33. The van der Waals surface area contributed by atoms with Crippen molar-refractivity contribution in [3.8, 4) is 5.82 Å². The summed E-state index contributed by atoms with van der Waals surface area (Å²) in [4.78, 5) is 17.2. The molecule has 2 aliphatic heterocycles. The van der Waals surface area contributed by atoms with E-state index in [1.165, 1.54) is 12.8 Å². The van der Waals surface area contributed by atoms with Gasteiger partial charge in [-0.2, -0.15) is 5.10 Å². The van der Waals surface area contributed by atoms with Gasteiger partial charge >= 0.3 is 0 Å². The molecular formula is C20H30N6O2. The van der Waals surface area contributed by atoms with Gasteiger partial charge in [-0.05, 0) is 38.8 Å². The molecule has 2 aliphatic rings. The third-order valence-corrected chi connectivity index (χ3v) is 5.66. The maximum Gasteiger partial charge on any atom is 0.266 e. The lowest BCUT2D eigenvalue weighted by atomic mass is 10.2. The van der Waals surface area contributed by atoms with Gasteiger partial charge in [0.2, 0.25) is 0 Å². The number of hydrogen-bond acceptors (Lipinski definition) is 6. The van der Waals surface area contributed by atoms with E-state index in [4.69, 9.17) is 4.74 Å². The maximum absolute atomic E-state index is 12.2. The van der Waals surface area contributed by atoms with Crippen LogP contribution >= 0.6 is 0 Å². The average Bonchev–Trinajstić information content (AvgIpc) is 3.31. The van der Waals surface area contributed by atoms with Crippen LogP contribution in [-0.2, 0) is 11.3 Å². The van der Waals surface area contributed by atoms with Gasteiger partial charge in [0.15, 0.2) is 5.82 Å². The van der Waals surface area contributed by atoms with Crippen molar-refractivity contribution in [1.29, 1.82) is 0 Å². The number of aromatic nitrogens is 4. The van der Waals surface area contributed by atoms with Crippen LogP contribution in [0.3, 0.4) is 0 Å². The predicted octanol–water partition coefficient (Wildman–Crippen LogP) is 0.842. The molecule has 8 heteroatoms. The minimum Gasteiger partial charge on any atom is -0.377 e. The van der Waals surface area contributed by atoms with E-state index in [0.717, 1.165) is 57.3 Å². The zero-order valence-electron chi connectivity index (χ0n) is 16.9. The number of rotatable bonds is 6. The van der Waals surface area contributed by atoms with Crippen LogP contribution in [0.2, 0.25) is 0 Å². The van der Waals surface area contributed by atoms with Gasteiger partial charge in [-0.1, -0.05) is 0 Å². The highest BCUT2D eigenvalue weighted by atomic mass is 16.5. The third kappa shape index (κ3) is 4.51. The van der Waals surface area contributed by atoms with Gasteiger partial charge in [0.05, 0.1) is 18.3 Å². The van der Waals surface area contributed by atoms with Crippen LogP contribution in [0, 0.1) is 13.8 Å². The van der Waals surface area contributed by atoms with Gasteiger partial charge in [0, 0.05) is 57.6 Å². The van der Waals surface area contributed by atoms with E-state index in [1.807, 2.05) is 19.9 Å². The highest BCUT2D eigenvalue weighted by Crippen LogP contribution is 2.14. The Bertz CT molecular complexity index is 847. The van der Waals surface area contributed by atoms with Gasteiger partial charge in [-0.3, -0.25) is 14.6 Å². The lowest BCUT2D eigenvalue weighted by Crippen LogP contribution is -2.49. The molecule has 1 atom stereocenters. The Morgan fingerprint density at radius 1 is 1.07 bits per heavy atom. The summed E-state index contributed by atoms with van der Waals surface area (Å²) in [5.41, 5.74) is 1.89. The van der Waals surface area contributed by atoms with Crippen LogP contribution < -0.4 is 5.56 Å². The van der Waals surface area contributed by atoms with Crippen molar-refractivity contribution in [2.24, 2.45) is 0 Å². The quantitative estimate of drug-likeness (QED) is 0.733. The molecular weight excluding hydrogens is 356 g/mol. The van der Waals surface area contributed by atoms with Gasteiger partial charge in [-0.25, -0.2) is 9.36 Å². The number of hydrogen-bond donors (Lipinski definition) is 0. The Morgan fingerprint density at radius 3 is 2.54 bits per heavy atom. The lowest BCUT2D eigenvalue weighted by Gasteiger charge is -2.35. The van der Waals surface area contributed by atoms with Crippen molar-refractivity contribution in [1.82, 2.24) is 29.4 Å². The molecule has 2 aromatic rings. The molecule has 28 heavy (non-hydrogen) atoms. The molecule has 0 amide bonds. The Kier molecular flexibility index (Phi) is 5.89. The second kappa shape index (κ2) is 8.55. The van der Waals surface area contributed by atoms with Crippen LogP contribution in [-0.4, -0.2) is 81.3 Å². The van der Waals surface area contributed by atoms with Gasteiger partial charge in [-0.15, -0.1) is 5.10 Å². The molecule has 0 aromatic carbocycles. The molecule has 4 rings (SSSR count). The second-order valence-corrected chi connectivity index (χ2v) is 7.87. The normalized spacial score (nSPS) is 21.4. The summed E-state index contributed by atoms with van der Waals surface area (Å²) in [7, 11) is 0. The van der Waals surface area contributed by atoms with Gasteiger partial charge in [0.1, 0.15) is 0 Å². The fourth-order valence-electron chi connectivity index (χ4n) is 4.08. The highest BCUT2D eigenvalue weighted by molar-refractivity contribution is 5.23. The first-order valence-corrected chi connectivity index (χ1v) is 10.3. The van der Waals surface area contributed by atoms with Crippen molar-refractivity contribution in [2.75, 3.05) is 45.9 Å². The van der Waals surface area contributed by atoms with Crippen molar-refractivity contribution < 1.29 is 4.74 Å². The number of ether oxygens (including phenoxy) is 1. The summed E-state index contributed by atoms with van der Waals surface area (Å²) >= 11 is 0. The van der Waals surface area contributed by atoms with Crippen molar-refractivity contribution in [2.45, 2.75) is 39.3 Å². The molecule has 2 aromatic heterocycles. The van der Waals surface area contributed by atoms with E-state index < -0.39 is 0 Å². The van der Waals surface area contributed by atoms with E-state index >= 15 is 0 Å². The molecule has 0 radical (unpaired) electrons. The van der Waals surface area contributed by atoms with Crippen molar-refractivity contribution in [3.05, 3.63) is 39.9 Å². The zero-order chi connectivity index (χ0) is 19.5. The minimum absolute atomic E-state index is 0.0673. The van der Waals surface area contributed by atoms with E-state index in [-0.39, 0.29) is 5.56 Å². The summed E-state index contributed by atoms with van der Waals surface area (Å²) in [5, 5.41) is 9.00. The summed E-state index contributed by atoms with van der Waals surface area (Å²) < 4.78 is 9.10. The lowest BCUT2D eigenvalue weighted by molar-refractivity contribution is 0.0495. The predicted molar refractivity (Wildman–Crippen MR) is 107 cm³/mol. The molecule has 0 aliphatic carbocycles. The molecule has 0 spiro atoms. The topological polar surface area (TPSA) is 68.4 Å². The summed E-state index contributed by atoms with van der Waals surface area (Å²) in [5.74, 6) is 0.687. The van der Waals surface area contributed by atoms with E-state index in [2.05, 4.69) is 20.0 Å². The average molecular weight is 387 g/mol. The Morgan fingerprint density at radius 2 is 1.86 bits per heavy atom. The van der Waals surface area contributed by atoms with Crippen molar-refractivity contribution >= 4 is 0 Å². The highest BCUT2D eigenvalue weighted by Gasteiger charge is 2.22. The van der Waals surface area contributed by atoms with E-state index in [9.17, 15) is 4.79 Å². The number of nitrogens with zero attached hydrogens (tertiary/aromatic N) is 6. The first-order valence-electron chi connectivity index (χ1n) is 10.3. The molecule has 0 saturated carbocycles. The van der Waals surface area contributed by atoms with Crippen LogP contribution in [0.25, 0.3) is 5.82 Å². The SMILES string of the molecule is Cc1cc(C)n(-c2ccc(=O)n(CCN3CCN(CC4CCCO4)CC3)n2)n1. The van der Waals surface area contributed by atoms with Crippen LogP contribution in [0.1, 0.15) is 24.2 Å². The smallest absolute Gasteiger partial charge is 0.266 e. The standard InChI is InChI=1S/C20H30N6O2/c1-16-14-17(2)26(21-16)19-5-6-20(27)25(22-19)12-11-23-7-9-24(10-8-23)15-18-4-3-13-28-18/h5-6,14,18H,3-4,7-13,15H2,1-2H3. The van der Waals surface area contributed by atoms with Crippen LogP contribution in [0.15, 0.2) is 23.0 Å². The Labute approximate surface area is 165 Å². The van der Waals surface area contributed by atoms with Crippen LogP contribution in [0.4, 0.5) is 0 Å². The fourth-order valence-corrected chi connectivity index (χ4v) is 4.08. The van der Waals surface area contributed by atoms with Crippen molar-refractivity contribution in [3.63, 3.8) is 0 Å². The maximum atomic E-state index is 12.2. The molecule has 8 nitrogen and oxygen atoms in total. The first-order chi connectivity index (χ1) is 13.6. The molecule has 2 fully saturated rings. The molecule has 4 heterocycles. The molecule has 152 valence electrons. The molecule has 0 N–H and O–H groups in total. The van der Waals surface area contributed by atoms with Crippen LogP contribution in [0.5, 0.6) is 0 Å². The van der Waals surface area contributed by atoms with E-state index in [0.29, 0.717) is 18.5 Å². The summed E-state index contributed by atoms with van der Waals surface area (Å²) in [6.07, 6.45) is 2.81. The summed E-state index contributed by atoms with van der Waals surface area (Å²) in [6.45, 7) is 11.5. The number of piperazine rings is 1. The molecule has 0 bridgehead atoms. The Hall–Kier alpha value is -2.03. The third-order valence-electron chi connectivity index (χ3n) is 5.66. The largest absolute Gasteiger partial charge is 0.377 e. The fraction of sp³-hybridized carbons (Fsp3) is 0.650. The monoisotopic (exact) mass is 386 g/mol. The molecule has 1 unspecified atom stereocenters. The first kappa shape index (κ1) is 19.3. The molecule has 2 saturated heterocycles. The second-order valence-electron chi connectivity index (χ2n) is 7.87. The zero-order valence-corrected chi connectivity index (χ0v) is 16.9. The van der Waals surface area contributed by atoms with Gasteiger partial charge < -0.3 is 4.74 Å². The minimum atomic E-state index is -0.0673. The van der Waals surface area contributed by atoms with Gasteiger partial charge in [0.25, 0.3) is 5.56 Å². The number of aryl methyl sites for hydroxylation is 2. The Balaban J connectivity index is 1.32. The van der Waals surface area contributed by atoms with E-state index in [1.54, 1.807) is 21.5 Å².